The third-order valence-corrected chi connectivity index (χ3v) is 4.90. The monoisotopic (exact) mass is 409 g/mol. The Morgan fingerprint density at radius 3 is 2.63 bits per heavy atom. The highest BCUT2D eigenvalue weighted by Gasteiger charge is 2.15. The number of rotatable bonds is 10. The van der Waals surface area contributed by atoms with E-state index in [-0.39, 0.29) is 6.10 Å². The van der Waals surface area contributed by atoms with Gasteiger partial charge in [-0.05, 0) is 68.1 Å². The molecule has 1 N–H and O–H groups in total. The predicted molar refractivity (Wildman–Crippen MR) is 111 cm³/mol. The summed E-state index contributed by atoms with van der Waals surface area (Å²) < 4.78 is 17.0. The molecular formula is C21H25Cl2NO3. The van der Waals surface area contributed by atoms with Crippen LogP contribution in [0.1, 0.15) is 25.7 Å². The van der Waals surface area contributed by atoms with Gasteiger partial charge in [0.2, 0.25) is 0 Å². The van der Waals surface area contributed by atoms with E-state index < -0.39 is 0 Å². The fourth-order valence-electron chi connectivity index (χ4n) is 2.87. The first-order valence-electron chi connectivity index (χ1n) is 9.37. The van der Waals surface area contributed by atoms with Crippen LogP contribution in [0.3, 0.4) is 0 Å². The first-order valence-corrected chi connectivity index (χ1v) is 10.1. The van der Waals surface area contributed by atoms with Crippen LogP contribution in [0.4, 0.5) is 5.69 Å². The van der Waals surface area contributed by atoms with Gasteiger partial charge in [0, 0.05) is 23.9 Å². The minimum absolute atomic E-state index is 0.243. The van der Waals surface area contributed by atoms with Crippen LogP contribution in [0.15, 0.2) is 42.5 Å². The standard InChI is InChI=1S/C21H25Cl2NO3/c22-16-5-10-21(20(23)14-16)26-12-2-1-11-24-17-6-8-18(9-7-17)27-15-19-4-3-13-25-19/h5-10,14,19,24H,1-4,11-13,15H2. The summed E-state index contributed by atoms with van der Waals surface area (Å²) in [4.78, 5) is 0. The lowest BCUT2D eigenvalue weighted by Crippen LogP contribution is -2.16. The van der Waals surface area contributed by atoms with Gasteiger partial charge in [-0.15, -0.1) is 0 Å². The fraction of sp³-hybridized carbons (Fsp3) is 0.429. The summed E-state index contributed by atoms with van der Waals surface area (Å²) in [6, 6.07) is 13.3. The minimum atomic E-state index is 0.243. The molecule has 1 fully saturated rings. The quantitative estimate of drug-likeness (QED) is 0.501. The van der Waals surface area contributed by atoms with Gasteiger partial charge in [0.15, 0.2) is 0 Å². The average molecular weight is 410 g/mol. The second-order valence-electron chi connectivity index (χ2n) is 6.53. The van der Waals surface area contributed by atoms with E-state index in [0.717, 1.165) is 50.3 Å². The summed E-state index contributed by atoms with van der Waals surface area (Å²) in [7, 11) is 0. The lowest BCUT2D eigenvalue weighted by molar-refractivity contribution is 0.0679. The van der Waals surface area contributed by atoms with Crippen LogP contribution < -0.4 is 14.8 Å². The zero-order valence-electron chi connectivity index (χ0n) is 15.3. The van der Waals surface area contributed by atoms with Crippen molar-refractivity contribution in [2.75, 3.05) is 31.7 Å². The molecular weight excluding hydrogens is 385 g/mol. The van der Waals surface area contributed by atoms with Gasteiger partial charge >= 0.3 is 0 Å². The van der Waals surface area contributed by atoms with Crippen molar-refractivity contribution in [2.24, 2.45) is 0 Å². The van der Waals surface area contributed by atoms with Crippen molar-refractivity contribution in [1.82, 2.24) is 0 Å². The van der Waals surface area contributed by atoms with Crippen LogP contribution in [-0.4, -0.2) is 32.5 Å². The van der Waals surface area contributed by atoms with Crippen molar-refractivity contribution in [3.8, 4) is 11.5 Å². The third-order valence-electron chi connectivity index (χ3n) is 4.37. The lowest BCUT2D eigenvalue weighted by atomic mass is 10.2. The van der Waals surface area contributed by atoms with Gasteiger partial charge in [-0.3, -0.25) is 0 Å². The van der Waals surface area contributed by atoms with Crippen LogP contribution in [0.2, 0.25) is 10.0 Å². The fourth-order valence-corrected chi connectivity index (χ4v) is 3.33. The van der Waals surface area contributed by atoms with E-state index in [1.54, 1.807) is 18.2 Å². The van der Waals surface area contributed by atoms with Crippen LogP contribution in [0.25, 0.3) is 0 Å². The van der Waals surface area contributed by atoms with Crippen LogP contribution in [0.5, 0.6) is 11.5 Å². The number of anilines is 1. The molecule has 1 aliphatic rings. The van der Waals surface area contributed by atoms with Crippen LogP contribution in [0, 0.1) is 0 Å². The first-order chi connectivity index (χ1) is 13.2. The summed E-state index contributed by atoms with van der Waals surface area (Å²) in [6.45, 7) is 2.99. The molecule has 4 nitrogen and oxygen atoms in total. The number of halogens is 2. The summed E-state index contributed by atoms with van der Waals surface area (Å²) in [6.07, 6.45) is 4.41. The zero-order chi connectivity index (χ0) is 18.9. The molecule has 0 saturated carbocycles. The Bertz CT molecular complexity index is 703. The normalized spacial score (nSPS) is 16.3. The number of ether oxygens (including phenoxy) is 3. The molecule has 0 radical (unpaired) electrons. The van der Waals surface area contributed by atoms with E-state index in [1.807, 2.05) is 24.3 Å². The van der Waals surface area contributed by atoms with Crippen LogP contribution >= 0.6 is 23.2 Å². The van der Waals surface area contributed by atoms with Gasteiger partial charge in [-0.1, -0.05) is 23.2 Å². The molecule has 27 heavy (non-hydrogen) atoms. The molecule has 1 atom stereocenters. The first kappa shape index (κ1) is 20.1. The molecule has 6 heteroatoms. The Kier molecular flexibility index (Phi) is 7.93. The molecule has 2 aromatic rings. The minimum Gasteiger partial charge on any atom is -0.492 e. The molecule has 0 amide bonds. The Balaban J connectivity index is 1.28. The lowest BCUT2D eigenvalue weighted by Gasteiger charge is -2.12. The van der Waals surface area contributed by atoms with Gasteiger partial charge in [-0.2, -0.15) is 0 Å². The highest BCUT2D eigenvalue weighted by atomic mass is 35.5. The van der Waals surface area contributed by atoms with Crippen molar-refractivity contribution < 1.29 is 14.2 Å². The molecule has 0 aliphatic carbocycles. The average Bonchev–Trinajstić information content (AvgIpc) is 3.19. The molecule has 0 spiro atoms. The molecule has 1 unspecified atom stereocenters. The molecule has 3 rings (SSSR count). The summed E-state index contributed by atoms with van der Waals surface area (Å²) >= 11 is 12.0. The Morgan fingerprint density at radius 2 is 1.89 bits per heavy atom. The molecule has 0 aromatic heterocycles. The van der Waals surface area contributed by atoms with Gasteiger partial charge in [0.05, 0.1) is 17.7 Å². The highest BCUT2D eigenvalue weighted by molar-refractivity contribution is 6.35. The van der Waals surface area contributed by atoms with Crippen molar-refractivity contribution in [3.05, 3.63) is 52.5 Å². The van der Waals surface area contributed by atoms with E-state index >= 15 is 0 Å². The molecule has 2 aromatic carbocycles. The van der Waals surface area contributed by atoms with Crippen molar-refractivity contribution in [3.63, 3.8) is 0 Å². The Hall–Kier alpha value is -1.62. The van der Waals surface area contributed by atoms with Gasteiger partial charge in [-0.25, -0.2) is 0 Å². The number of benzene rings is 2. The topological polar surface area (TPSA) is 39.7 Å². The van der Waals surface area contributed by atoms with Gasteiger partial charge in [0.25, 0.3) is 0 Å². The number of nitrogens with one attached hydrogen (secondary N) is 1. The summed E-state index contributed by atoms with van der Waals surface area (Å²) in [5, 5.41) is 4.56. The van der Waals surface area contributed by atoms with Crippen molar-refractivity contribution in [2.45, 2.75) is 31.8 Å². The predicted octanol–water partition coefficient (Wildman–Crippen LogP) is 5.82. The molecule has 1 heterocycles. The van der Waals surface area contributed by atoms with E-state index in [0.29, 0.717) is 29.0 Å². The van der Waals surface area contributed by atoms with Gasteiger partial charge in [0.1, 0.15) is 18.1 Å². The van der Waals surface area contributed by atoms with E-state index in [9.17, 15) is 0 Å². The maximum absolute atomic E-state index is 6.08. The Labute approximate surface area is 170 Å². The smallest absolute Gasteiger partial charge is 0.137 e. The number of hydrogen-bond acceptors (Lipinski definition) is 4. The molecule has 0 bridgehead atoms. The number of unbranched alkanes of at least 4 members (excludes halogenated alkanes) is 1. The van der Waals surface area contributed by atoms with E-state index in [4.69, 9.17) is 37.4 Å². The van der Waals surface area contributed by atoms with Crippen molar-refractivity contribution in [1.29, 1.82) is 0 Å². The molecule has 1 aliphatic heterocycles. The SMILES string of the molecule is Clc1ccc(OCCCCNc2ccc(OCC3CCCO3)cc2)c(Cl)c1. The van der Waals surface area contributed by atoms with Crippen LogP contribution in [-0.2, 0) is 4.74 Å². The zero-order valence-corrected chi connectivity index (χ0v) is 16.8. The molecule has 1 saturated heterocycles. The second kappa shape index (κ2) is 10.6. The van der Waals surface area contributed by atoms with E-state index in [1.165, 1.54) is 0 Å². The molecule has 146 valence electrons. The van der Waals surface area contributed by atoms with Gasteiger partial charge < -0.3 is 19.5 Å². The largest absolute Gasteiger partial charge is 0.492 e. The Morgan fingerprint density at radius 1 is 1.04 bits per heavy atom. The highest BCUT2D eigenvalue weighted by Crippen LogP contribution is 2.27. The van der Waals surface area contributed by atoms with Crippen molar-refractivity contribution >= 4 is 28.9 Å². The summed E-state index contributed by atoms with van der Waals surface area (Å²) in [5.74, 6) is 1.55. The third kappa shape index (κ3) is 6.80. The maximum Gasteiger partial charge on any atom is 0.137 e. The van der Waals surface area contributed by atoms with E-state index in [2.05, 4.69) is 5.32 Å². The second-order valence-corrected chi connectivity index (χ2v) is 7.37. The maximum atomic E-state index is 6.08. The number of hydrogen-bond donors (Lipinski definition) is 1. The summed E-state index contributed by atoms with van der Waals surface area (Å²) in [5.41, 5.74) is 1.08.